The molecule has 4 N–H and O–H groups in total. The predicted molar refractivity (Wildman–Crippen MR) is 53.3 cm³/mol. The van der Waals surface area contributed by atoms with Crippen molar-refractivity contribution in [1.82, 2.24) is 19.9 Å². The molecule has 2 heterocycles. The van der Waals surface area contributed by atoms with Gasteiger partial charge in [-0.15, -0.1) is 0 Å². The zero-order chi connectivity index (χ0) is 10.8. The number of rotatable bonds is 3. The fourth-order valence-corrected chi connectivity index (χ4v) is 1.13. The number of hydrogen-bond donors (Lipinski definition) is 3. The zero-order valence-corrected chi connectivity index (χ0v) is 8.14. The average molecular weight is 209 g/mol. The lowest BCUT2D eigenvalue weighted by Crippen LogP contribution is -2.14. The normalized spacial score (nSPS) is 12.9. The molecule has 0 saturated carbocycles. The number of anilines is 1. The van der Waals surface area contributed by atoms with Crippen LogP contribution in [0.5, 0.6) is 5.88 Å². The van der Waals surface area contributed by atoms with Gasteiger partial charge in [0, 0.05) is 0 Å². The molecule has 2 aromatic rings. The number of imidazole rings is 1. The molecule has 0 fully saturated rings. The third-order valence-corrected chi connectivity index (χ3v) is 1.73. The molecule has 0 saturated heterocycles. The number of ether oxygens (including phenoxy) is 1. The van der Waals surface area contributed by atoms with Crippen LogP contribution in [-0.2, 0) is 0 Å². The van der Waals surface area contributed by atoms with Crippen LogP contribution in [0.1, 0.15) is 6.92 Å². The highest BCUT2D eigenvalue weighted by Crippen LogP contribution is 2.19. The van der Waals surface area contributed by atoms with Crippen molar-refractivity contribution in [2.75, 3.05) is 12.3 Å². The van der Waals surface area contributed by atoms with Gasteiger partial charge in [-0.25, -0.2) is 4.98 Å². The number of aromatic amines is 1. The van der Waals surface area contributed by atoms with Gasteiger partial charge in [-0.1, -0.05) is 0 Å². The first kappa shape index (κ1) is 9.66. The molecule has 15 heavy (non-hydrogen) atoms. The van der Waals surface area contributed by atoms with Crippen molar-refractivity contribution in [3.8, 4) is 5.88 Å². The second-order valence-corrected chi connectivity index (χ2v) is 3.15. The summed E-state index contributed by atoms with van der Waals surface area (Å²) in [6, 6.07) is 0. The molecule has 7 heteroatoms. The van der Waals surface area contributed by atoms with Gasteiger partial charge in [0.15, 0.2) is 5.65 Å². The summed E-state index contributed by atoms with van der Waals surface area (Å²) < 4.78 is 5.27. The molecule has 1 atom stereocenters. The average Bonchev–Trinajstić information content (AvgIpc) is 2.61. The standard InChI is InChI=1S/C8H11N5O2/c1-4(14)2-15-7-5-6(11-3-10-5)12-8(9)13-7/h3-4,14H,2H2,1H3,(H3,9,10,11,12,13). The molecule has 0 bridgehead atoms. The molecule has 0 aliphatic carbocycles. The number of aliphatic hydroxyl groups excluding tert-OH is 1. The van der Waals surface area contributed by atoms with Crippen LogP contribution in [0.25, 0.3) is 11.2 Å². The highest BCUT2D eigenvalue weighted by atomic mass is 16.5. The number of nitrogens with one attached hydrogen (secondary N) is 1. The Morgan fingerprint density at radius 3 is 3.13 bits per heavy atom. The number of hydrogen-bond acceptors (Lipinski definition) is 6. The lowest BCUT2D eigenvalue weighted by molar-refractivity contribution is 0.121. The van der Waals surface area contributed by atoms with E-state index in [0.29, 0.717) is 17.0 Å². The maximum Gasteiger partial charge on any atom is 0.245 e. The van der Waals surface area contributed by atoms with Crippen molar-refractivity contribution in [2.24, 2.45) is 0 Å². The quantitative estimate of drug-likeness (QED) is 0.639. The van der Waals surface area contributed by atoms with Crippen LogP contribution in [0.3, 0.4) is 0 Å². The van der Waals surface area contributed by atoms with Crippen LogP contribution in [0.15, 0.2) is 6.33 Å². The fraction of sp³-hybridized carbons (Fsp3) is 0.375. The van der Waals surface area contributed by atoms with Gasteiger partial charge in [-0.2, -0.15) is 9.97 Å². The first-order valence-corrected chi connectivity index (χ1v) is 4.44. The number of nitrogens with zero attached hydrogens (tertiary/aromatic N) is 3. The van der Waals surface area contributed by atoms with Crippen molar-refractivity contribution in [2.45, 2.75) is 13.0 Å². The Kier molecular flexibility index (Phi) is 2.38. The largest absolute Gasteiger partial charge is 0.473 e. The van der Waals surface area contributed by atoms with E-state index in [0.717, 1.165) is 0 Å². The van der Waals surface area contributed by atoms with Crippen LogP contribution in [0.4, 0.5) is 5.95 Å². The Labute approximate surface area is 85.3 Å². The molecule has 80 valence electrons. The second-order valence-electron chi connectivity index (χ2n) is 3.15. The van der Waals surface area contributed by atoms with E-state index >= 15 is 0 Å². The molecule has 2 aromatic heterocycles. The molecule has 0 aromatic carbocycles. The van der Waals surface area contributed by atoms with Crippen LogP contribution in [-0.4, -0.2) is 37.8 Å². The summed E-state index contributed by atoms with van der Waals surface area (Å²) in [7, 11) is 0. The molecule has 0 radical (unpaired) electrons. The molecular weight excluding hydrogens is 198 g/mol. The van der Waals surface area contributed by atoms with Gasteiger partial charge in [0.05, 0.1) is 12.4 Å². The fourth-order valence-electron chi connectivity index (χ4n) is 1.13. The Morgan fingerprint density at radius 1 is 1.60 bits per heavy atom. The summed E-state index contributed by atoms with van der Waals surface area (Å²) in [5.41, 5.74) is 6.49. The second kappa shape index (κ2) is 3.70. The molecule has 0 aliphatic heterocycles. The van der Waals surface area contributed by atoms with Gasteiger partial charge >= 0.3 is 0 Å². The summed E-state index contributed by atoms with van der Waals surface area (Å²) in [6.45, 7) is 1.76. The third kappa shape index (κ3) is 1.96. The van der Waals surface area contributed by atoms with E-state index in [1.54, 1.807) is 6.92 Å². The number of fused-ring (bicyclic) bond motifs is 1. The van der Waals surface area contributed by atoms with Crippen molar-refractivity contribution < 1.29 is 9.84 Å². The highest BCUT2D eigenvalue weighted by molar-refractivity contribution is 5.76. The SMILES string of the molecule is CC(O)COc1nc(N)nc2nc[nH]c12. The van der Waals surface area contributed by atoms with Gasteiger partial charge in [-0.05, 0) is 6.92 Å². The lowest BCUT2D eigenvalue weighted by Gasteiger charge is -2.07. The van der Waals surface area contributed by atoms with E-state index in [4.69, 9.17) is 15.6 Å². The van der Waals surface area contributed by atoms with Crippen LogP contribution in [0.2, 0.25) is 0 Å². The first-order valence-electron chi connectivity index (χ1n) is 4.44. The smallest absolute Gasteiger partial charge is 0.245 e. The maximum atomic E-state index is 9.08. The van der Waals surface area contributed by atoms with E-state index in [9.17, 15) is 0 Å². The third-order valence-electron chi connectivity index (χ3n) is 1.73. The highest BCUT2D eigenvalue weighted by Gasteiger charge is 2.10. The number of aromatic nitrogens is 4. The Balaban J connectivity index is 2.35. The minimum Gasteiger partial charge on any atom is -0.473 e. The number of H-pyrrole nitrogens is 1. The molecule has 0 amide bonds. The van der Waals surface area contributed by atoms with Gasteiger partial charge in [0.1, 0.15) is 12.1 Å². The lowest BCUT2D eigenvalue weighted by atomic mass is 10.4. The van der Waals surface area contributed by atoms with E-state index in [2.05, 4.69) is 19.9 Å². The maximum absolute atomic E-state index is 9.08. The van der Waals surface area contributed by atoms with Gasteiger partial charge < -0.3 is 20.6 Å². The first-order chi connectivity index (χ1) is 7.16. The van der Waals surface area contributed by atoms with Crippen molar-refractivity contribution in [3.63, 3.8) is 0 Å². The van der Waals surface area contributed by atoms with Crippen LogP contribution >= 0.6 is 0 Å². The van der Waals surface area contributed by atoms with Gasteiger partial charge in [-0.3, -0.25) is 0 Å². The predicted octanol–water partition coefficient (Wildman–Crippen LogP) is -0.305. The topological polar surface area (TPSA) is 110 Å². The van der Waals surface area contributed by atoms with Crippen molar-refractivity contribution in [1.29, 1.82) is 0 Å². The Hall–Kier alpha value is -1.89. The minimum absolute atomic E-state index is 0.0928. The molecule has 2 rings (SSSR count). The minimum atomic E-state index is -0.570. The summed E-state index contributed by atoms with van der Waals surface area (Å²) in [5.74, 6) is 0.395. The van der Waals surface area contributed by atoms with Gasteiger partial charge in [0.25, 0.3) is 0 Å². The summed E-state index contributed by atoms with van der Waals surface area (Å²) in [4.78, 5) is 14.6. The summed E-state index contributed by atoms with van der Waals surface area (Å²) in [6.07, 6.45) is 0.910. The van der Waals surface area contributed by atoms with E-state index in [-0.39, 0.29) is 12.6 Å². The van der Waals surface area contributed by atoms with Crippen LogP contribution < -0.4 is 10.5 Å². The van der Waals surface area contributed by atoms with E-state index < -0.39 is 6.10 Å². The van der Waals surface area contributed by atoms with E-state index in [1.807, 2.05) is 0 Å². The molecular formula is C8H11N5O2. The van der Waals surface area contributed by atoms with E-state index in [1.165, 1.54) is 6.33 Å². The summed E-state index contributed by atoms with van der Waals surface area (Å²) in [5, 5.41) is 9.08. The van der Waals surface area contributed by atoms with Crippen molar-refractivity contribution >= 4 is 17.1 Å². The molecule has 0 spiro atoms. The molecule has 1 unspecified atom stereocenters. The monoisotopic (exact) mass is 209 g/mol. The number of nitrogens with two attached hydrogens (primary N) is 1. The molecule has 7 nitrogen and oxygen atoms in total. The van der Waals surface area contributed by atoms with Crippen LogP contribution in [0, 0.1) is 0 Å². The van der Waals surface area contributed by atoms with Crippen molar-refractivity contribution in [3.05, 3.63) is 6.33 Å². The number of nitrogen functional groups attached to an aromatic ring is 1. The van der Waals surface area contributed by atoms with Gasteiger partial charge in [0.2, 0.25) is 11.8 Å². The Bertz CT molecular complexity index is 467. The molecule has 0 aliphatic rings. The number of aliphatic hydroxyl groups is 1. The summed E-state index contributed by atoms with van der Waals surface area (Å²) >= 11 is 0. The Morgan fingerprint density at radius 2 is 2.40 bits per heavy atom. The zero-order valence-electron chi connectivity index (χ0n) is 8.14.